The molecule has 0 aliphatic carbocycles. The van der Waals surface area contributed by atoms with Crippen LogP contribution in [0.1, 0.15) is 38.2 Å². The number of nitrogens with zero attached hydrogens (tertiary/aromatic N) is 1. The number of benzene rings is 1. The van der Waals surface area contributed by atoms with Crippen LogP contribution in [0.3, 0.4) is 0 Å². The van der Waals surface area contributed by atoms with Gasteiger partial charge in [0.1, 0.15) is 5.75 Å². The summed E-state index contributed by atoms with van der Waals surface area (Å²) < 4.78 is 16.9. The zero-order valence-corrected chi connectivity index (χ0v) is 21.2. The molecular weight excluding hydrogens is 509 g/mol. The van der Waals surface area contributed by atoms with Gasteiger partial charge in [-0.2, -0.15) is 0 Å². The number of nitrogens with one attached hydrogen (secondary N) is 2. The van der Waals surface area contributed by atoms with E-state index in [0.29, 0.717) is 13.2 Å². The van der Waals surface area contributed by atoms with Crippen LogP contribution in [0.25, 0.3) is 0 Å². The highest BCUT2D eigenvalue weighted by Gasteiger charge is 2.36. The van der Waals surface area contributed by atoms with Crippen molar-refractivity contribution in [2.24, 2.45) is 10.4 Å². The second-order valence-electron chi connectivity index (χ2n) is 8.41. The van der Waals surface area contributed by atoms with Gasteiger partial charge in [0.15, 0.2) is 5.96 Å². The molecule has 0 amide bonds. The topological polar surface area (TPSA) is 84.3 Å². The van der Waals surface area contributed by atoms with Crippen LogP contribution in [0.15, 0.2) is 29.3 Å². The van der Waals surface area contributed by atoms with E-state index in [2.05, 4.69) is 39.9 Å². The second-order valence-corrected chi connectivity index (χ2v) is 8.41. The van der Waals surface area contributed by atoms with Crippen molar-refractivity contribution in [3.8, 4) is 5.75 Å². The minimum atomic E-state index is -0.0160. The Labute approximate surface area is 203 Å². The highest BCUT2D eigenvalue weighted by atomic mass is 127. The molecule has 2 heterocycles. The van der Waals surface area contributed by atoms with Gasteiger partial charge in [-0.25, -0.2) is 0 Å². The van der Waals surface area contributed by atoms with Gasteiger partial charge in [0.25, 0.3) is 0 Å². The number of halogens is 1. The molecule has 1 unspecified atom stereocenters. The summed E-state index contributed by atoms with van der Waals surface area (Å²) in [4.78, 5) is 4.43. The average molecular weight is 547 g/mol. The van der Waals surface area contributed by atoms with Crippen molar-refractivity contribution < 1.29 is 19.3 Å². The van der Waals surface area contributed by atoms with Crippen LogP contribution in [0, 0.1) is 5.41 Å². The SMILES string of the molecule is CCOc1ccc(C2(CNC(=NC)NCC3(CCO)CCOC3)CCOCC2)cc1.I. The molecule has 3 N–H and O–H groups in total. The summed E-state index contributed by atoms with van der Waals surface area (Å²) in [6, 6.07) is 8.48. The number of aliphatic imine (C=N–C) groups is 1. The number of ether oxygens (including phenoxy) is 3. The molecule has 8 heteroatoms. The van der Waals surface area contributed by atoms with Gasteiger partial charge in [-0.15, -0.1) is 24.0 Å². The van der Waals surface area contributed by atoms with Gasteiger partial charge in [-0.3, -0.25) is 4.99 Å². The molecule has 0 radical (unpaired) electrons. The zero-order chi connectivity index (χ0) is 21.3. The van der Waals surface area contributed by atoms with Crippen LogP contribution in [0.2, 0.25) is 0 Å². The third-order valence-electron chi connectivity index (χ3n) is 6.50. The molecule has 31 heavy (non-hydrogen) atoms. The van der Waals surface area contributed by atoms with Gasteiger partial charge in [0.2, 0.25) is 0 Å². The number of aliphatic hydroxyl groups excluding tert-OH is 1. The average Bonchev–Trinajstić information content (AvgIpc) is 3.24. The normalized spacial score (nSPS) is 23.1. The van der Waals surface area contributed by atoms with Crippen LogP contribution in [-0.4, -0.2) is 70.8 Å². The Morgan fingerprint density at radius 3 is 2.32 bits per heavy atom. The molecule has 2 fully saturated rings. The first-order valence-electron chi connectivity index (χ1n) is 11.1. The maximum Gasteiger partial charge on any atom is 0.191 e. The molecule has 7 nitrogen and oxygen atoms in total. The Balaban J connectivity index is 0.00000341. The van der Waals surface area contributed by atoms with E-state index in [1.165, 1.54) is 5.56 Å². The third kappa shape index (κ3) is 6.94. The fourth-order valence-corrected chi connectivity index (χ4v) is 4.46. The van der Waals surface area contributed by atoms with Crippen molar-refractivity contribution in [2.75, 3.05) is 59.8 Å². The second kappa shape index (κ2) is 12.8. The molecule has 176 valence electrons. The first-order chi connectivity index (χ1) is 14.7. The van der Waals surface area contributed by atoms with Crippen LogP contribution in [0.5, 0.6) is 5.75 Å². The summed E-state index contributed by atoms with van der Waals surface area (Å²) in [6.07, 6.45) is 3.63. The van der Waals surface area contributed by atoms with Gasteiger partial charge in [-0.05, 0) is 50.3 Å². The zero-order valence-electron chi connectivity index (χ0n) is 18.8. The lowest BCUT2D eigenvalue weighted by molar-refractivity contribution is 0.0513. The lowest BCUT2D eigenvalue weighted by Crippen LogP contribution is -2.50. The molecule has 1 atom stereocenters. The Hall–Kier alpha value is -1.10. The van der Waals surface area contributed by atoms with Gasteiger partial charge >= 0.3 is 0 Å². The monoisotopic (exact) mass is 547 g/mol. The van der Waals surface area contributed by atoms with E-state index in [0.717, 1.165) is 70.3 Å². The van der Waals surface area contributed by atoms with Gasteiger partial charge in [0, 0.05) is 57.4 Å². The highest BCUT2D eigenvalue weighted by molar-refractivity contribution is 14.0. The fraction of sp³-hybridized carbons (Fsp3) is 0.696. The Morgan fingerprint density at radius 2 is 1.74 bits per heavy atom. The Morgan fingerprint density at radius 1 is 1.06 bits per heavy atom. The molecule has 0 spiro atoms. The molecule has 0 bridgehead atoms. The minimum Gasteiger partial charge on any atom is -0.494 e. The predicted octanol–water partition coefficient (Wildman–Crippen LogP) is 2.71. The molecule has 2 aliphatic rings. The van der Waals surface area contributed by atoms with E-state index in [9.17, 15) is 5.11 Å². The van der Waals surface area contributed by atoms with E-state index in [1.807, 2.05) is 6.92 Å². The molecule has 3 rings (SSSR count). The van der Waals surface area contributed by atoms with E-state index >= 15 is 0 Å². The van der Waals surface area contributed by atoms with E-state index in [-0.39, 0.29) is 41.4 Å². The van der Waals surface area contributed by atoms with Crippen molar-refractivity contribution >= 4 is 29.9 Å². The Kier molecular flexibility index (Phi) is 10.8. The summed E-state index contributed by atoms with van der Waals surface area (Å²) in [6.45, 7) is 7.34. The number of rotatable bonds is 9. The summed E-state index contributed by atoms with van der Waals surface area (Å²) in [5.41, 5.74) is 1.29. The molecule has 2 saturated heterocycles. The Bertz CT molecular complexity index is 672. The van der Waals surface area contributed by atoms with Gasteiger partial charge in [-0.1, -0.05) is 12.1 Å². The van der Waals surface area contributed by atoms with Crippen molar-refractivity contribution in [1.82, 2.24) is 10.6 Å². The van der Waals surface area contributed by atoms with E-state index in [1.54, 1.807) is 7.05 Å². The lowest BCUT2D eigenvalue weighted by atomic mass is 9.74. The van der Waals surface area contributed by atoms with E-state index in [4.69, 9.17) is 14.2 Å². The summed E-state index contributed by atoms with van der Waals surface area (Å²) in [5.74, 6) is 1.69. The lowest BCUT2D eigenvalue weighted by Gasteiger charge is -2.38. The number of hydrogen-bond acceptors (Lipinski definition) is 5. The number of hydrogen-bond donors (Lipinski definition) is 3. The summed E-state index contributed by atoms with van der Waals surface area (Å²) >= 11 is 0. The maximum atomic E-state index is 9.45. The number of aliphatic hydroxyl groups is 1. The van der Waals surface area contributed by atoms with Crippen molar-refractivity contribution in [3.05, 3.63) is 29.8 Å². The largest absolute Gasteiger partial charge is 0.494 e. The van der Waals surface area contributed by atoms with Crippen molar-refractivity contribution in [3.63, 3.8) is 0 Å². The van der Waals surface area contributed by atoms with Crippen molar-refractivity contribution in [2.45, 2.75) is 38.0 Å². The molecule has 2 aliphatic heterocycles. The van der Waals surface area contributed by atoms with Gasteiger partial charge < -0.3 is 30.0 Å². The summed E-state index contributed by atoms with van der Waals surface area (Å²) in [5, 5.41) is 16.5. The maximum absolute atomic E-state index is 9.45. The van der Waals surface area contributed by atoms with E-state index < -0.39 is 0 Å². The van der Waals surface area contributed by atoms with Crippen LogP contribution in [0.4, 0.5) is 0 Å². The van der Waals surface area contributed by atoms with Gasteiger partial charge in [0.05, 0.1) is 13.2 Å². The molecule has 1 aromatic rings. The first-order valence-corrected chi connectivity index (χ1v) is 11.1. The van der Waals surface area contributed by atoms with Crippen molar-refractivity contribution in [1.29, 1.82) is 0 Å². The standard InChI is InChI=1S/C23H37N3O4.HI/c1-3-30-20-6-4-19(5-7-20)23(10-14-28-15-11-23)17-26-21(24-2)25-16-22(8-12-27)9-13-29-18-22;/h4-7,27H,3,8-18H2,1-2H3,(H2,24,25,26);1H. The molecule has 0 saturated carbocycles. The first kappa shape index (κ1) is 26.2. The minimum absolute atomic E-state index is 0. The van der Waals surface area contributed by atoms with Crippen LogP contribution in [-0.2, 0) is 14.9 Å². The van der Waals surface area contributed by atoms with Crippen LogP contribution >= 0.6 is 24.0 Å². The van der Waals surface area contributed by atoms with Crippen LogP contribution < -0.4 is 15.4 Å². The quantitative estimate of drug-likeness (QED) is 0.251. The molecule has 0 aromatic heterocycles. The molecule has 1 aromatic carbocycles. The molecular formula is C23H38IN3O4. The third-order valence-corrected chi connectivity index (χ3v) is 6.50. The fourth-order valence-electron chi connectivity index (χ4n) is 4.46. The predicted molar refractivity (Wildman–Crippen MR) is 134 cm³/mol. The summed E-state index contributed by atoms with van der Waals surface area (Å²) in [7, 11) is 1.80. The smallest absolute Gasteiger partial charge is 0.191 e. The highest BCUT2D eigenvalue weighted by Crippen LogP contribution is 2.35. The number of guanidine groups is 1.